The van der Waals surface area contributed by atoms with Gasteiger partial charge in [0.05, 0.1) is 13.0 Å². The van der Waals surface area contributed by atoms with Crippen LogP contribution in [0.2, 0.25) is 0 Å². The molecule has 0 heterocycles. The van der Waals surface area contributed by atoms with Crippen LogP contribution in [-0.4, -0.2) is 13.1 Å². The van der Waals surface area contributed by atoms with Crippen LogP contribution in [0.25, 0.3) is 0 Å². The smallest absolute Gasteiger partial charge is 0.309 e. The van der Waals surface area contributed by atoms with Gasteiger partial charge in [-0.05, 0) is 59.6 Å². The molecule has 2 nitrogen and oxygen atoms in total. The Morgan fingerprint density at radius 3 is 2.54 bits per heavy atom. The third-order valence-electron chi connectivity index (χ3n) is 7.03. The molecule has 24 heavy (non-hydrogen) atoms. The highest BCUT2D eigenvalue weighted by molar-refractivity contribution is 5.75. The second-order valence-corrected chi connectivity index (χ2v) is 9.05. The van der Waals surface area contributed by atoms with Crippen LogP contribution in [0, 0.1) is 17.3 Å². The summed E-state index contributed by atoms with van der Waals surface area (Å²) in [6.45, 7) is 11.6. The topological polar surface area (TPSA) is 26.3 Å². The second-order valence-electron chi connectivity index (χ2n) is 9.05. The molecule has 3 atom stereocenters. The molecule has 1 aromatic rings. The molecule has 1 aromatic carbocycles. The number of benzene rings is 1. The van der Waals surface area contributed by atoms with Crippen molar-refractivity contribution < 1.29 is 9.53 Å². The fourth-order valence-corrected chi connectivity index (χ4v) is 5.62. The first-order chi connectivity index (χ1) is 11.2. The number of ether oxygens (including phenoxy) is 1. The number of carbonyl (C=O) groups is 1. The van der Waals surface area contributed by atoms with Gasteiger partial charge < -0.3 is 4.74 Å². The van der Waals surface area contributed by atoms with E-state index in [0.29, 0.717) is 11.8 Å². The first kappa shape index (κ1) is 17.5. The van der Waals surface area contributed by atoms with Crippen LogP contribution < -0.4 is 0 Å². The van der Waals surface area contributed by atoms with Gasteiger partial charge in [0.2, 0.25) is 0 Å². The lowest BCUT2D eigenvalue weighted by Crippen LogP contribution is -2.55. The van der Waals surface area contributed by atoms with E-state index < -0.39 is 0 Å². The molecule has 0 spiro atoms. The Morgan fingerprint density at radius 1 is 1.21 bits per heavy atom. The zero-order chi connectivity index (χ0) is 17.7. The van der Waals surface area contributed by atoms with Gasteiger partial charge in [-0.1, -0.05) is 52.8 Å². The van der Waals surface area contributed by atoms with Crippen molar-refractivity contribution in [3.8, 4) is 0 Å². The van der Waals surface area contributed by atoms with Crippen LogP contribution in [0.15, 0.2) is 18.2 Å². The molecular weight excluding hydrogens is 296 g/mol. The lowest BCUT2D eigenvalue weighted by atomic mass is 9.46. The summed E-state index contributed by atoms with van der Waals surface area (Å²) in [6, 6.07) is 6.97. The largest absolute Gasteiger partial charge is 0.469 e. The molecule has 0 amide bonds. The molecule has 132 valence electrons. The zero-order valence-electron chi connectivity index (χ0n) is 16.1. The minimum atomic E-state index is -0.113. The van der Waals surface area contributed by atoms with Gasteiger partial charge in [0.25, 0.3) is 0 Å². The Labute approximate surface area is 147 Å². The van der Waals surface area contributed by atoms with Gasteiger partial charge in [-0.3, -0.25) is 4.79 Å². The van der Waals surface area contributed by atoms with Crippen molar-refractivity contribution in [2.75, 3.05) is 7.11 Å². The molecule has 1 saturated carbocycles. The SMILES string of the molecule is COC(=O)C1CCC(C)(C)C2CCc3cc(C(C)C)ccc3[C@@]12C. The molecule has 2 aliphatic rings. The summed E-state index contributed by atoms with van der Waals surface area (Å²) in [5.74, 6) is 1.02. The lowest BCUT2D eigenvalue weighted by molar-refractivity contribution is -0.154. The van der Waals surface area contributed by atoms with E-state index >= 15 is 0 Å². The van der Waals surface area contributed by atoms with Gasteiger partial charge in [0.15, 0.2) is 0 Å². The minimum Gasteiger partial charge on any atom is -0.469 e. The van der Waals surface area contributed by atoms with E-state index in [0.717, 1.165) is 19.3 Å². The van der Waals surface area contributed by atoms with Gasteiger partial charge in [-0.2, -0.15) is 0 Å². The number of hydrogen-bond donors (Lipinski definition) is 0. The second kappa shape index (κ2) is 5.89. The van der Waals surface area contributed by atoms with Crippen molar-refractivity contribution in [2.45, 2.75) is 71.6 Å². The summed E-state index contributed by atoms with van der Waals surface area (Å²) < 4.78 is 5.21. The van der Waals surface area contributed by atoms with Gasteiger partial charge >= 0.3 is 5.97 Å². The van der Waals surface area contributed by atoms with Crippen molar-refractivity contribution in [3.05, 3.63) is 34.9 Å². The Balaban J connectivity index is 2.15. The van der Waals surface area contributed by atoms with Crippen molar-refractivity contribution in [2.24, 2.45) is 17.3 Å². The molecular formula is C22H32O2. The fourth-order valence-electron chi connectivity index (χ4n) is 5.62. The predicted molar refractivity (Wildman–Crippen MR) is 98.2 cm³/mol. The van der Waals surface area contributed by atoms with Crippen LogP contribution in [-0.2, 0) is 21.4 Å². The number of methoxy groups -OCH3 is 1. The van der Waals surface area contributed by atoms with Crippen molar-refractivity contribution in [3.63, 3.8) is 0 Å². The quantitative estimate of drug-likeness (QED) is 0.694. The minimum absolute atomic E-state index is 0.0236. The van der Waals surface area contributed by atoms with E-state index in [9.17, 15) is 4.79 Å². The van der Waals surface area contributed by atoms with Gasteiger partial charge in [0, 0.05) is 5.41 Å². The van der Waals surface area contributed by atoms with E-state index in [2.05, 4.69) is 52.8 Å². The van der Waals surface area contributed by atoms with E-state index in [1.54, 1.807) is 0 Å². The Bertz CT molecular complexity index is 643. The maximum Gasteiger partial charge on any atom is 0.309 e. The van der Waals surface area contributed by atoms with E-state index in [1.165, 1.54) is 30.2 Å². The molecule has 2 aliphatic carbocycles. The summed E-state index contributed by atoms with van der Waals surface area (Å²) in [7, 11) is 1.53. The normalized spacial score (nSPS) is 31.3. The molecule has 2 heteroatoms. The fraction of sp³-hybridized carbons (Fsp3) is 0.682. The predicted octanol–water partition coefficient (Wildman–Crippen LogP) is 5.24. The monoisotopic (exact) mass is 328 g/mol. The van der Waals surface area contributed by atoms with Crippen molar-refractivity contribution >= 4 is 5.97 Å². The van der Waals surface area contributed by atoms with Gasteiger partial charge in [-0.15, -0.1) is 0 Å². The molecule has 0 aliphatic heterocycles. The molecule has 2 unspecified atom stereocenters. The number of esters is 1. The van der Waals surface area contributed by atoms with Crippen LogP contribution in [0.5, 0.6) is 0 Å². The molecule has 0 bridgehead atoms. The maximum atomic E-state index is 12.6. The maximum absolute atomic E-state index is 12.6. The van der Waals surface area contributed by atoms with Crippen LogP contribution in [0.3, 0.4) is 0 Å². The summed E-state index contributed by atoms with van der Waals surface area (Å²) in [6.07, 6.45) is 4.34. The van der Waals surface area contributed by atoms with E-state index in [1.807, 2.05) is 0 Å². The molecule has 0 N–H and O–H groups in total. The van der Waals surface area contributed by atoms with Crippen molar-refractivity contribution in [1.82, 2.24) is 0 Å². The van der Waals surface area contributed by atoms with E-state index in [4.69, 9.17) is 4.74 Å². The summed E-state index contributed by atoms with van der Waals surface area (Å²) in [5.41, 5.74) is 4.41. The zero-order valence-corrected chi connectivity index (χ0v) is 16.1. The number of hydrogen-bond acceptors (Lipinski definition) is 2. The standard InChI is InChI=1S/C22H32O2/c1-14(2)15-7-9-17-16(13-15)8-10-19-21(3,4)12-11-18(20(23)24-6)22(17,19)5/h7,9,13-14,18-19H,8,10-12H2,1-6H3/t18?,19?,22-/m0/s1. The van der Waals surface area contributed by atoms with Crippen LogP contribution in [0.4, 0.5) is 0 Å². The highest BCUT2D eigenvalue weighted by Crippen LogP contribution is 2.59. The highest BCUT2D eigenvalue weighted by Gasteiger charge is 2.56. The summed E-state index contributed by atoms with van der Waals surface area (Å²) >= 11 is 0. The Hall–Kier alpha value is -1.31. The Kier molecular flexibility index (Phi) is 4.30. The molecule has 0 aromatic heterocycles. The summed E-state index contributed by atoms with van der Waals surface area (Å²) in [4.78, 5) is 12.6. The average molecular weight is 328 g/mol. The molecule has 3 rings (SSSR count). The number of rotatable bonds is 2. The van der Waals surface area contributed by atoms with Crippen molar-refractivity contribution in [1.29, 1.82) is 0 Å². The average Bonchev–Trinajstić information content (AvgIpc) is 2.53. The number of aryl methyl sites for hydroxylation is 1. The molecule has 0 radical (unpaired) electrons. The number of fused-ring (bicyclic) bond motifs is 3. The van der Waals surface area contributed by atoms with Gasteiger partial charge in [0.1, 0.15) is 0 Å². The third kappa shape index (κ3) is 2.50. The van der Waals surface area contributed by atoms with Crippen LogP contribution in [0.1, 0.15) is 76.5 Å². The number of carbonyl (C=O) groups excluding carboxylic acids is 1. The molecule has 1 fully saturated rings. The highest BCUT2D eigenvalue weighted by atomic mass is 16.5. The van der Waals surface area contributed by atoms with Gasteiger partial charge in [-0.25, -0.2) is 0 Å². The first-order valence-corrected chi connectivity index (χ1v) is 9.43. The molecule has 0 saturated heterocycles. The lowest BCUT2D eigenvalue weighted by Gasteiger charge is -2.57. The van der Waals surface area contributed by atoms with E-state index in [-0.39, 0.29) is 22.7 Å². The third-order valence-corrected chi connectivity index (χ3v) is 7.03. The Morgan fingerprint density at radius 2 is 1.92 bits per heavy atom. The summed E-state index contributed by atoms with van der Waals surface area (Å²) in [5, 5.41) is 0. The van der Waals surface area contributed by atoms with Crippen LogP contribution >= 0.6 is 0 Å². The first-order valence-electron chi connectivity index (χ1n) is 9.43.